The first kappa shape index (κ1) is 16.7. The van der Waals surface area contributed by atoms with Gasteiger partial charge in [0.15, 0.2) is 6.23 Å². The van der Waals surface area contributed by atoms with Crippen LogP contribution in [0.25, 0.3) is 28.6 Å². The van der Waals surface area contributed by atoms with Crippen molar-refractivity contribution >= 4 is 34.3 Å². The molecule has 0 aromatic carbocycles. The van der Waals surface area contributed by atoms with Crippen LogP contribution in [0.2, 0.25) is 0 Å². The van der Waals surface area contributed by atoms with E-state index in [0.29, 0.717) is 22.0 Å². The zero-order valence-electron chi connectivity index (χ0n) is 16.3. The lowest BCUT2D eigenvalue weighted by atomic mass is 9.96. The lowest BCUT2D eigenvalue weighted by Gasteiger charge is -2.27. The second-order valence-corrected chi connectivity index (χ2v) is 7.28. The minimum Gasteiger partial charge on any atom is -0.394 e. The summed E-state index contributed by atoms with van der Waals surface area (Å²) < 4.78 is 15.3. The Kier molecular flexibility index (Phi) is 3.73. The van der Waals surface area contributed by atoms with Crippen LogP contribution in [0.5, 0.6) is 0 Å². The molecule has 3 aromatic rings. The van der Waals surface area contributed by atoms with Crippen LogP contribution < -0.4 is 10.2 Å². The number of rotatable bonds is 3. The van der Waals surface area contributed by atoms with Crippen LogP contribution in [0, 0.1) is 0 Å². The fourth-order valence-corrected chi connectivity index (χ4v) is 3.69. The molecule has 9 heteroatoms. The molecule has 9 nitrogen and oxygen atoms in total. The van der Waals surface area contributed by atoms with Crippen molar-refractivity contribution in [3.63, 3.8) is 0 Å². The number of hydrogen-bond acceptors (Lipinski definition) is 7. The van der Waals surface area contributed by atoms with Crippen molar-refractivity contribution in [2.24, 2.45) is 0 Å². The van der Waals surface area contributed by atoms with Crippen molar-refractivity contribution < 1.29 is 21.4 Å². The van der Waals surface area contributed by atoms with Crippen LogP contribution in [-0.4, -0.2) is 73.3 Å². The smallest absolute Gasteiger partial charge is 0.167 e. The highest BCUT2D eigenvalue weighted by Gasteiger charge is 2.53. The van der Waals surface area contributed by atoms with Crippen molar-refractivity contribution in [3.8, 4) is 0 Å². The third kappa shape index (κ3) is 2.54. The molecule has 0 amide bonds. The highest BCUT2D eigenvalue weighted by Crippen LogP contribution is 2.41. The Balaban J connectivity index is 2.09. The normalized spacial score (nSPS) is 28.8. The third-order valence-corrected chi connectivity index (χ3v) is 5.10. The van der Waals surface area contributed by atoms with E-state index in [9.17, 15) is 15.3 Å². The van der Waals surface area contributed by atoms with Gasteiger partial charge < -0.3 is 34.5 Å². The first-order valence-electron chi connectivity index (χ1n) is 9.06. The fourth-order valence-electron chi connectivity index (χ4n) is 3.69. The summed E-state index contributed by atoms with van der Waals surface area (Å²) in [6.07, 6.45) is -1.69. The summed E-state index contributed by atoms with van der Waals surface area (Å²) in [6.45, 7) is 4.98. The molecule has 4 rings (SSSR count). The van der Waals surface area contributed by atoms with Crippen LogP contribution in [0.1, 0.15) is 14.5 Å². The average molecular weight is 375 g/mol. The average Bonchev–Trinajstić information content (AvgIpc) is 3.02. The van der Waals surface area contributed by atoms with Gasteiger partial charge in [0.2, 0.25) is 0 Å². The molecule has 1 aliphatic rings. The highest BCUT2D eigenvalue weighted by atomic mass is 16.6. The van der Waals surface area contributed by atoms with Crippen LogP contribution >= 0.6 is 0 Å². The van der Waals surface area contributed by atoms with E-state index in [1.807, 2.05) is 25.1 Å². The van der Waals surface area contributed by atoms with Crippen LogP contribution in [-0.2, 0) is 4.74 Å². The lowest BCUT2D eigenvalue weighted by Crippen LogP contribution is -2.44. The molecule has 4 heterocycles. The summed E-state index contributed by atoms with van der Waals surface area (Å²) in [6, 6.07) is 1.85. The molecule has 1 saturated heterocycles. The van der Waals surface area contributed by atoms with Gasteiger partial charge in [-0.05, 0) is 13.0 Å². The number of hydrogen-bond donors (Lipinski definition) is 4. The first-order valence-corrected chi connectivity index (χ1v) is 8.56. The number of anilines is 1. The van der Waals surface area contributed by atoms with E-state index in [0.717, 1.165) is 11.1 Å². The molecule has 1 unspecified atom stereocenters. The van der Waals surface area contributed by atoms with E-state index in [1.165, 1.54) is 6.92 Å². The number of nitrogens with zero attached hydrogens (tertiary/aromatic N) is 4. The molecule has 0 bridgehead atoms. The standard InChI is InChI=1S/C18H23N5O4/c1-9-5-11(22(3)4)10-6-23(16-13(10)15(21-9)19-8-20-16)17-18(2,26)14(25)12(7-24)27-17/h5-6,8,12,14,17,24-26H,1,7H2,2-4H3,(H,19,20,21)/t12-,14-,17-,18?/m1/s1/i8T. The SMILES string of the molecule is [3H]c1nc2[nH]c(=C)cc(N(C)C)c3cn([C@@H]4O[C@H](CO)[C@@H](O)C4(C)O)c(n1)c23. The number of aliphatic hydroxyl groups is 3. The molecule has 4 N–H and O–H groups in total. The minimum atomic E-state index is -1.67. The molecule has 3 aromatic heterocycles. The first-order chi connectivity index (χ1) is 13.1. The Morgan fingerprint density at radius 1 is 1.48 bits per heavy atom. The Labute approximate surface area is 156 Å². The molecule has 0 saturated carbocycles. The number of nitrogens with one attached hydrogen (secondary N) is 1. The molecule has 0 radical (unpaired) electrons. The van der Waals surface area contributed by atoms with Gasteiger partial charge in [-0.2, -0.15) is 0 Å². The van der Waals surface area contributed by atoms with Crippen LogP contribution in [0.15, 0.2) is 18.6 Å². The summed E-state index contributed by atoms with van der Waals surface area (Å²) in [4.78, 5) is 13.4. The number of aromatic amines is 1. The van der Waals surface area contributed by atoms with Crippen molar-refractivity contribution in [2.75, 3.05) is 25.6 Å². The van der Waals surface area contributed by atoms with Gasteiger partial charge in [-0.25, -0.2) is 9.97 Å². The Hall–Kier alpha value is -2.46. The quantitative estimate of drug-likeness (QED) is 0.495. The maximum absolute atomic E-state index is 10.9. The molecular formula is C18H23N5O4. The molecule has 1 fully saturated rings. The predicted molar refractivity (Wildman–Crippen MR) is 101 cm³/mol. The van der Waals surface area contributed by atoms with Gasteiger partial charge in [0, 0.05) is 36.7 Å². The van der Waals surface area contributed by atoms with E-state index in [4.69, 9.17) is 6.11 Å². The van der Waals surface area contributed by atoms with Crippen molar-refractivity contribution in [1.29, 1.82) is 0 Å². The lowest BCUT2D eigenvalue weighted by molar-refractivity contribution is -0.0947. The van der Waals surface area contributed by atoms with E-state index in [1.54, 1.807) is 10.8 Å². The Bertz CT molecular complexity index is 1120. The number of ether oxygens (including phenoxy) is 1. The number of H-pyrrole nitrogens is 1. The van der Waals surface area contributed by atoms with Gasteiger partial charge in [-0.3, -0.25) is 0 Å². The topological polar surface area (TPSA) is 120 Å². The molecule has 0 aliphatic carbocycles. The molecular weight excluding hydrogens is 350 g/mol. The minimum absolute atomic E-state index is 0.209. The molecule has 4 atom stereocenters. The fraction of sp³-hybridized carbons (Fsp3) is 0.444. The molecule has 1 aliphatic heterocycles. The summed E-state index contributed by atoms with van der Waals surface area (Å²) in [5.41, 5.74) is -0.0412. The van der Waals surface area contributed by atoms with Gasteiger partial charge in [-0.1, -0.05) is 6.58 Å². The van der Waals surface area contributed by atoms with Crippen molar-refractivity contribution in [2.45, 2.75) is 31.0 Å². The van der Waals surface area contributed by atoms with E-state index >= 15 is 0 Å². The zero-order chi connectivity index (χ0) is 20.4. The van der Waals surface area contributed by atoms with Crippen molar-refractivity contribution in [1.82, 2.24) is 19.5 Å². The van der Waals surface area contributed by atoms with Gasteiger partial charge in [0.25, 0.3) is 0 Å². The Morgan fingerprint density at radius 3 is 2.85 bits per heavy atom. The summed E-state index contributed by atoms with van der Waals surface area (Å²) in [7, 11) is 3.78. The van der Waals surface area contributed by atoms with Crippen LogP contribution in [0.4, 0.5) is 5.69 Å². The summed E-state index contributed by atoms with van der Waals surface area (Å²) in [5.74, 6) is 0. The second-order valence-electron chi connectivity index (χ2n) is 7.28. The summed E-state index contributed by atoms with van der Waals surface area (Å²) in [5, 5.41) is 32.8. The number of aliphatic hydroxyl groups excluding tert-OH is 2. The van der Waals surface area contributed by atoms with E-state index in [-0.39, 0.29) is 6.30 Å². The molecule has 144 valence electrons. The van der Waals surface area contributed by atoms with Crippen molar-refractivity contribution in [3.05, 3.63) is 23.9 Å². The van der Waals surface area contributed by atoms with Gasteiger partial charge in [0.1, 0.15) is 36.8 Å². The largest absolute Gasteiger partial charge is 0.394 e. The predicted octanol–water partition coefficient (Wildman–Crippen LogP) is -0.328. The maximum atomic E-state index is 10.9. The van der Waals surface area contributed by atoms with E-state index in [2.05, 4.69) is 21.5 Å². The number of aromatic nitrogens is 4. The monoisotopic (exact) mass is 375 g/mol. The summed E-state index contributed by atoms with van der Waals surface area (Å²) >= 11 is 0. The highest BCUT2D eigenvalue weighted by molar-refractivity contribution is 6.09. The third-order valence-electron chi connectivity index (χ3n) is 5.10. The molecule has 27 heavy (non-hydrogen) atoms. The van der Waals surface area contributed by atoms with Gasteiger partial charge in [-0.15, -0.1) is 0 Å². The van der Waals surface area contributed by atoms with E-state index < -0.39 is 30.6 Å². The van der Waals surface area contributed by atoms with Crippen LogP contribution in [0.3, 0.4) is 0 Å². The molecule has 0 spiro atoms. The van der Waals surface area contributed by atoms with Gasteiger partial charge in [0.05, 0.1) is 12.0 Å². The van der Waals surface area contributed by atoms with Gasteiger partial charge >= 0.3 is 0 Å². The maximum Gasteiger partial charge on any atom is 0.167 e. The second kappa shape index (κ2) is 6.03. The Morgan fingerprint density at radius 2 is 2.22 bits per heavy atom. The zero-order valence-corrected chi connectivity index (χ0v) is 15.3.